The predicted molar refractivity (Wildman–Crippen MR) is 128 cm³/mol. The Kier molecular flexibility index (Phi) is 8.73. The lowest BCUT2D eigenvalue weighted by Gasteiger charge is -2.31. The molecule has 1 aromatic rings. The summed E-state index contributed by atoms with van der Waals surface area (Å²) in [6.07, 6.45) is 6.88. The van der Waals surface area contributed by atoms with Crippen molar-refractivity contribution in [3.8, 4) is 0 Å². The van der Waals surface area contributed by atoms with E-state index in [1.54, 1.807) is 13.0 Å². The Morgan fingerprint density at radius 1 is 1.21 bits per heavy atom. The summed E-state index contributed by atoms with van der Waals surface area (Å²) in [7, 11) is 0. The van der Waals surface area contributed by atoms with Gasteiger partial charge in [-0.2, -0.15) is 0 Å². The highest BCUT2D eigenvalue weighted by Gasteiger charge is 2.22. The molecule has 178 valence electrons. The largest absolute Gasteiger partial charge is 0.390 e. The van der Waals surface area contributed by atoms with Crippen molar-refractivity contribution in [2.75, 3.05) is 44.6 Å². The van der Waals surface area contributed by atoms with Crippen LogP contribution < -0.4 is 10.6 Å². The minimum Gasteiger partial charge on any atom is -0.390 e. The number of β-amino-alcohol motifs (C(OH)–C–C–N with tert-alkyl or cyclic N) is 1. The molecule has 3 N–H and O–H groups in total. The Balaban J connectivity index is 1.46. The van der Waals surface area contributed by atoms with Gasteiger partial charge in [0.2, 0.25) is 5.91 Å². The topological polar surface area (TPSA) is 111 Å². The molecule has 1 unspecified atom stereocenters. The maximum absolute atomic E-state index is 12.6. The van der Waals surface area contributed by atoms with Gasteiger partial charge in [-0.05, 0) is 30.4 Å². The summed E-state index contributed by atoms with van der Waals surface area (Å²) in [4.78, 5) is 36.3. The first-order valence-electron chi connectivity index (χ1n) is 11.4. The van der Waals surface area contributed by atoms with Gasteiger partial charge in [0.1, 0.15) is 17.8 Å². The molecule has 9 heteroatoms. The summed E-state index contributed by atoms with van der Waals surface area (Å²) in [6.45, 7) is 12.8. The molecule has 2 amide bonds. The van der Waals surface area contributed by atoms with E-state index in [0.717, 1.165) is 31.4 Å². The highest BCUT2D eigenvalue weighted by Crippen LogP contribution is 2.19. The van der Waals surface area contributed by atoms with Crippen LogP contribution in [0, 0.1) is 0 Å². The molecule has 1 saturated heterocycles. The number of anilines is 1. The lowest BCUT2D eigenvalue weighted by Crippen LogP contribution is -2.42. The first-order valence-corrected chi connectivity index (χ1v) is 11.4. The monoisotopic (exact) mass is 454 g/mol. The number of nitrogens with one attached hydrogen (secondary N) is 2. The lowest BCUT2D eigenvalue weighted by atomic mass is 10.00. The van der Waals surface area contributed by atoms with Gasteiger partial charge >= 0.3 is 0 Å². The molecule has 2 aliphatic rings. The number of rotatable bonds is 9. The third-order valence-corrected chi connectivity index (χ3v) is 6.16. The van der Waals surface area contributed by atoms with Crippen LogP contribution in [0.4, 0.5) is 5.82 Å². The number of carbonyl (C=O) groups is 2. The number of allylic oxidation sites excluding steroid dienone is 1. The average Bonchev–Trinajstić information content (AvgIpc) is 2.83. The van der Waals surface area contributed by atoms with E-state index >= 15 is 0 Å². The van der Waals surface area contributed by atoms with Crippen molar-refractivity contribution in [3.63, 3.8) is 0 Å². The molecular formula is C24H34N6O3. The number of aliphatic hydroxyl groups is 1. The van der Waals surface area contributed by atoms with Crippen molar-refractivity contribution in [3.05, 3.63) is 54.5 Å². The Morgan fingerprint density at radius 3 is 2.61 bits per heavy atom. The second-order valence-corrected chi connectivity index (χ2v) is 8.52. The van der Waals surface area contributed by atoms with Crippen LogP contribution in [0.15, 0.2) is 48.8 Å². The standard InChI is InChI=1S/C24H34N6O3/c1-4-18-6-9-29(14-19(18)5-2)15-21(32)13-25-24(33)22-12-23(27-16-26-22)28-20-7-10-30(11-8-20)17(3)31/h4-5,12,16,20-21,32H,1-2,6-11,13-15H2,3H3,(H,25,33)(H,26,27,28). The van der Waals surface area contributed by atoms with E-state index in [1.165, 1.54) is 11.9 Å². The summed E-state index contributed by atoms with van der Waals surface area (Å²) in [6, 6.07) is 1.80. The Hall–Kier alpha value is -3.04. The molecule has 0 aliphatic carbocycles. The maximum atomic E-state index is 12.6. The van der Waals surface area contributed by atoms with E-state index < -0.39 is 6.10 Å². The van der Waals surface area contributed by atoms with Crippen LogP contribution in [0.25, 0.3) is 0 Å². The minimum absolute atomic E-state index is 0.0936. The van der Waals surface area contributed by atoms with Gasteiger partial charge < -0.3 is 20.6 Å². The molecule has 0 radical (unpaired) electrons. The van der Waals surface area contributed by atoms with Crippen LogP contribution in [0.3, 0.4) is 0 Å². The summed E-state index contributed by atoms with van der Waals surface area (Å²) in [5, 5.41) is 16.5. The highest BCUT2D eigenvalue weighted by molar-refractivity contribution is 5.92. The lowest BCUT2D eigenvalue weighted by molar-refractivity contribution is -0.129. The number of aromatic nitrogens is 2. The van der Waals surface area contributed by atoms with Crippen LogP contribution in [0.5, 0.6) is 0 Å². The number of nitrogens with zero attached hydrogens (tertiary/aromatic N) is 4. The van der Waals surface area contributed by atoms with E-state index in [2.05, 4.69) is 38.7 Å². The Morgan fingerprint density at radius 2 is 1.94 bits per heavy atom. The normalized spacial score (nSPS) is 18.5. The molecule has 2 aliphatic heterocycles. The summed E-state index contributed by atoms with van der Waals surface area (Å²) in [5.74, 6) is 0.313. The molecule has 0 spiro atoms. The zero-order chi connectivity index (χ0) is 23.8. The highest BCUT2D eigenvalue weighted by atomic mass is 16.3. The Bertz CT molecular complexity index is 907. The average molecular weight is 455 g/mol. The van der Waals surface area contributed by atoms with Crippen LogP contribution in [-0.2, 0) is 4.79 Å². The van der Waals surface area contributed by atoms with Crippen LogP contribution in [0.1, 0.15) is 36.7 Å². The smallest absolute Gasteiger partial charge is 0.270 e. The zero-order valence-corrected chi connectivity index (χ0v) is 19.3. The molecule has 3 rings (SSSR count). The predicted octanol–water partition coefficient (Wildman–Crippen LogP) is 1.36. The van der Waals surface area contributed by atoms with Crippen molar-refractivity contribution in [2.45, 2.75) is 38.3 Å². The fourth-order valence-corrected chi connectivity index (χ4v) is 4.22. The zero-order valence-electron chi connectivity index (χ0n) is 19.3. The number of hydrogen-bond acceptors (Lipinski definition) is 7. The molecular weight excluding hydrogens is 420 g/mol. The van der Waals surface area contributed by atoms with Crippen molar-refractivity contribution >= 4 is 17.6 Å². The molecule has 0 saturated carbocycles. The van der Waals surface area contributed by atoms with Crippen molar-refractivity contribution in [1.29, 1.82) is 0 Å². The van der Waals surface area contributed by atoms with E-state index in [0.29, 0.717) is 32.0 Å². The van der Waals surface area contributed by atoms with Gasteiger partial charge in [-0.3, -0.25) is 14.5 Å². The minimum atomic E-state index is -0.698. The molecule has 33 heavy (non-hydrogen) atoms. The maximum Gasteiger partial charge on any atom is 0.270 e. The van der Waals surface area contributed by atoms with Crippen molar-refractivity contribution < 1.29 is 14.7 Å². The van der Waals surface area contributed by atoms with E-state index in [-0.39, 0.29) is 30.1 Å². The molecule has 9 nitrogen and oxygen atoms in total. The molecule has 1 fully saturated rings. The summed E-state index contributed by atoms with van der Waals surface area (Å²) < 4.78 is 0. The molecule has 3 heterocycles. The van der Waals surface area contributed by atoms with Gasteiger partial charge in [-0.15, -0.1) is 0 Å². The van der Waals surface area contributed by atoms with Gasteiger partial charge in [0.15, 0.2) is 0 Å². The number of amides is 2. The van der Waals surface area contributed by atoms with Gasteiger partial charge in [-0.25, -0.2) is 9.97 Å². The van der Waals surface area contributed by atoms with Gasteiger partial charge in [0.25, 0.3) is 5.91 Å². The number of likely N-dealkylation sites (tertiary alicyclic amines) is 1. The fourth-order valence-electron chi connectivity index (χ4n) is 4.22. The molecule has 1 aromatic heterocycles. The molecule has 0 bridgehead atoms. The first-order chi connectivity index (χ1) is 15.9. The van der Waals surface area contributed by atoms with Gasteiger partial charge in [0, 0.05) is 58.3 Å². The SMILES string of the molecule is C=CC1=C(C=C)CN(CC(O)CNC(=O)c2cc(NC3CCN(C(C)=O)CC3)ncn2)CC1. The number of carbonyl (C=O) groups excluding carboxylic acids is 2. The fraction of sp³-hybridized carbons (Fsp3) is 0.500. The number of aliphatic hydroxyl groups excluding tert-OH is 1. The van der Waals surface area contributed by atoms with Crippen LogP contribution in [-0.4, -0.2) is 88.1 Å². The van der Waals surface area contributed by atoms with Gasteiger partial charge in [-0.1, -0.05) is 25.3 Å². The second-order valence-electron chi connectivity index (χ2n) is 8.52. The first kappa shape index (κ1) is 24.6. The summed E-state index contributed by atoms with van der Waals surface area (Å²) in [5.41, 5.74) is 2.56. The Labute approximate surface area is 195 Å². The third kappa shape index (κ3) is 6.97. The number of piperidine rings is 1. The van der Waals surface area contributed by atoms with E-state index in [9.17, 15) is 14.7 Å². The van der Waals surface area contributed by atoms with Crippen molar-refractivity contribution in [1.82, 2.24) is 25.1 Å². The molecule has 1 atom stereocenters. The van der Waals surface area contributed by atoms with E-state index in [1.807, 2.05) is 17.1 Å². The number of hydrogen-bond donors (Lipinski definition) is 3. The molecule has 0 aromatic carbocycles. The van der Waals surface area contributed by atoms with Crippen molar-refractivity contribution in [2.24, 2.45) is 0 Å². The summed E-state index contributed by atoms with van der Waals surface area (Å²) >= 11 is 0. The van der Waals surface area contributed by atoms with Gasteiger partial charge in [0.05, 0.1) is 6.10 Å². The third-order valence-electron chi connectivity index (χ3n) is 6.16. The quantitative estimate of drug-likeness (QED) is 0.517. The van der Waals surface area contributed by atoms with Crippen LogP contribution >= 0.6 is 0 Å². The van der Waals surface area contributed by atoms with E-state index in [4.69, 9.17) is 0 Å². The second kappa shape index (κ2) is 11.7. The van der Waals surface area contributed by atoms with Crippen LogP contribution in [0.2, 0.25) is 0 Å².